The molecule has 0 bridgehead atoms. The molecule has 0 N–H and O–H groups in total. The molecule has 1 aromatic carbocycles. The van der Waals surface area contributed by atoms with E-state index in [2.05, 4.69) is 20.8 Å². The van der Waals surface area contributed by atoms with E-state index in [0.29, 0.717) is 26.0 Å². The lowest BCUT2D eigenvalue weighted by atomic mass is 9.82. The Morgan fingerprint density at radius 1 is 1.19 bits per heavy atom. The fourth-order valence-corrected chi connectivity index (χ4v) is 3.45. The van der Waals surface area contributed by atoms with Crippen LogP contribution in [0.25, 0.3) is 0 Å². The van der Waals surface area contributed by atoms with Crippen LogP contribution in [0.4, 0.5) is 0 Å². The van der Waals surface area contributed by atoms with Crippen LogP contribution in [0.15, 0.2) is 24.3 Å². The van der Waals surface area contributed by atoms with E-state index in [4.69, 9.17) is 4.74 Å². The van der Waals surface area contributed by atoms with Gasteiger partial charge in [-0.15, -0.1) is 0 Å². The number of piperidine rings is 1. The average molecular weight is 359 g/mol. The number of ketones is 1. The van der Waals surface area contributed by atoms with Crippen LogP contribution < -0.4 is 0 Å². The summed E-state index contributed by atoms with van der Waals surface area (Å²) in [6, 6.07) is 7.75. The predicted molar refractivity (Wildman–Crippen MR) is 99.8 cm³/mol. The third-order valence-corrected chi connectivity index (χ3v) is 4.74. The van der Waals surface area contributed by atoms with Gasteiger partial charge in [-0.1, -0.05) is 45.0 Å². The van der Waals surface area contributed by atoms with Crippen molar-refractivity contribution in [3.63, 3.8) is 0 Å². The van der Waals surface area contributed by atoms with E-state index >= 15 is 0 Å². The number of ether oxygens (including phenoxy) is 1. The molecule has 1 aliphatic heterocycles. The van der Waals surface area contributed by atoms with Crippen molar-refractivity contribution in [1.82, 2.24) is 4.90 Å². The molecular weight excluding hydrogens is 330 g/mol. The van der Waals surface area contributed by atoms with Crippen molar-refractivity contribution >= 4 is 17.7 Å². The van der Waals surface area contributed by atoms with Crippen LogP contribution in [-0.2, 0) is 31.0 Å². The largest absolute Gasteiger partial charge is 0.466 e. The van der Waals surface area contributed by atoms with Gasteiger partial charge in [-0.25, -0.2) is 0 Å². The number of hydrogen-bond donors (Lipinski definition) is 0. The Kier molecular flexibility index (Phi) is 6.57. The summed E-state index contributed by atoms with van der Waals surface area (Å²) in [7, 11) is 0. The Morgan fingerprint density at radius 3 is 2.54 bits per heavy atom. The van der Waals surface area contributed by atoms with Crippen LogP contribution in [0.5, 0.6) is 0 Å². The molecule has 0 unspecified atom stereocenters. The number of amides is 1. The minimum atomic E-state index is -0.497. The van der Waals surface area contributed by atoms with E-state index in [-0.39, 0.29) is 30.3 Å². The molecule has 142 valence electrons. The summed E-state index contributed by atoms with van der Waals surface area (Å²) in [5, 5.41) is 0. The zero-order valence-corrected chi connectivity index (χ0v) is 16.2. The summed E-state index contributed by atoms with van der Waals surface area (Å²) in [4.78, 5) is 38.6. The van der Waals surface area contributed by atoms with Crippen LogP contribution in [0.2, 0.25) is 0 Å². The Morgan fingerprint density at radius 2 is 1.88 bits per heavy atom. The van der Waals surface area contributed by atoms with Gasteiger partial charge in [-0.3, -0.25) is 14.4 Å². The Hall–Kier alpha value is -2.17. The standard InChI is InChI=1S/C21H29NO4/c1-5-26-20(25)16-10-8-12-22(14-16)19(24)18(23)13-15-9-6-7-11-17(15)21(2,3)4/h6-7,9,11,16H,5,8,10,12-14H2,1-4H3/t16-/m1/s1. The summed E-state index contributed by atoms with van der Waals surface area (Å²) in [5.41, 5.74) is 1.86. The molecule has 2 rings (SSSR count). The second-order valence-electron chi connectivity index (χ2n) is 7.85. The second kappa shape index (κ2) is 8.47. The summed E-state index contributed by atoms with van der Waals surface area (Å²) < 4.78 is 5.06. The maximum Gasteiger partial charge on any atom is 0.310 e. The lowest BCUT2D eigenvalue weighted by Crippen LogP contribution is -2.46. The van der Waals surface area contributed by atoms with E-state index in [1.165, 1.54) is 4.90 Å². The number of carbonyl (C=O) groups is 3. The SMILES string of the molecule is CCOC(=O)[C@@H]1CCCN(C(=O)C(=O)Cc2ccccc2C(C)(C)C)C1. The smallest absolute Gasteiger partial charge is 0.310 e. The van der Waals surface area contributed by atoms with Crippen molar-refractivity contribution in [2.45, 2.75) is 52.4 Å². The van der Waals surface area contributed by atoms with Crippen LogP contribution in [-0.4, -0.2) is 42.3 Å². The van der Waals surface area contributed by atoms with Gasteiger partial charge in [0, 0.05) is 19.5 Å². The van der Waals surface area contributed by atoms with E-state index in [1.807, 2.05) is 24.3 Å². The summed E-state index contributed by atoms with van der Waals surface area (Å²) in [6.07, 6.45) is 1.50. The number of nitrogens with zero attached hydrogens (tertiary/aromatic N) is 1. The first kappa shape index (κ1) is 20.1. The van der Waals surface area contributed by atoms with Crippen molar-refractivity contribution in [3.8, 4) is 0 Å². The fourth-order valence-electron chi connectivity index (χ4n) is 3.45. The molecule has 1 aliphatic rings. The molecule has 26 heavy (non-hydrogen) atoms. The number of likely N-dealkylation sites (tertiary alicyclic amines) is 1. The third kappa shape index (κ3) is 4.93. The van der Waals surface area contributed by atoms with Gasteiger partial charge in [0.2, 0.25) is 5.78 Å². The molecule has 1 atom stereocenters. The molecule has 1 saturated heterocycles. The molecule has 0 aliphatic carbocycles. The van der Waals surface area contributed by atoms with Crippen molar-refractivity contribution in [1.29, 1.82) is 0 Å². The van der Waals surface area contributed by atoms with Gasteiger partial charge in [0.05, 0.1) is 12.5 Å². The van der Waals surface area contributed by atoms with Gasteiger partial charge in [0.25, 0.3) is 5.91 Å². The van der Waals surface area contributed by atoms with E-state index < -0.39 is 11.7 Å². The molecule has 1 amide bonds. The molecule has 5 nitrogen and oxygen atoms in total. The minimum absolute atomic E-state index is 0.0901. The van der Waals surface area contributed by atoms with Crippen LogP contribution in [0.3, 0.4) is 0 Å². The van der Waals surface area contributed by atoms with Crippen molar-refractivity contribution in [2.75, 3.05) is 19.7 Å². The van der Waals surface area contributed by atoms with E-state index in [0.717, 1.165) is 11.1 Å². The normalized spacial score (nSPS) is 17.7. The van der Waals surface area contributed by atoms with Gasteiger partial charge < -0.3 is 9.64 Å². The first-order valence-electron chi connectivity index (χ1n) is 9.31. The molecule has 1 fully saturated rings. The summed E-state index contributed by atoms with van der Waals surface area (Å²) in [6.45, 7) is 9.14. The van der Waals surface area contributed by atoms with E-state index in [9.17, 15) is 14.4 Å². The molecule has 5 heteroatoms. The quantitative estimate of drug-likeness (QED) is 0.599. The molecule has 0 saturated carbocycles. The number of hydrogen-bond acceptors (Lipinski definition) is 4. The highest BCUT2D eigenvalue weighted by Crippen LogP contribution is 2.26. The highest BCUT2D eigenvalue weighted by atomic mass is 16.5. The first-order chi connectivity index (χ1) is 12.2. The van der Waals surface area contributed by atoms with Crippen LogP contribution >= 0.6 is 0 Å². The monoisotopic (exact) mass is 359 g/mol. The molecular formula is C21H29NO4. The number of rotatable bonds is 5. The molecule has 0 spiro atoms. The maximum atomic E-state index is 12.6. The number of carbonyl (C=O) groups excluding carboxylic acids is 3. The summed E-state index contributed by atoms with van der Waals surface area (Å²) >= 11 is 0. The second-order valence-corrected chi connectivity index (χ2v) is 7.85. The van der Waals surface area contributed by atoms with Crippen molar-refractivity contribution in [3.05, 3.63) is 35.4 Å². The Labute approximate surface area is 155 Å². The lowest BCUT2D eigenvalue weighted by molar-refractivity contribution is -0.153. The predicted octanol–water partition coefficient (Wildman–Crippen LogP) is 2.90. The number of benzene rings is 1. The van der Waals surface area contributed by atoms with Gasteiger partial charge >= 0.3 is 5.97 Å². The summed E-state index contributed by atoms with van der Waals surface area (Å²) in [5.74, 6) is -1.54. The molecule has 1 heterocycles. The van der Waals surface area contributed by atoms with Gasteiger partial charge in [0.1, 0.15) is 0 Å². The molecule has 1 aromatic rings. The van der Waals surface area contributed by atoms with E-state index in [1.54, 1.807) is 6.92 Å². The lowest BCUT2D eigenvalue weighted by Gasteiger charge is -2.31. The number of esters is 1. The zero-order chi connectivity index (χ0) is 19.3. The zero-order valence-electron chi connectivity index (χ0n) is 16.2. The van der Waals surface area contributed by atoms with Crippen LogP contribution in [0.1, 0.15) is 51.7 Å². The highest BCUT2D eigenvalue weighted by Gasteiger charge is 2.32. The minimum Gasteiger partial charge on any atom is -0.466 e. The van der Waals surface area contributed by atoms with Gasteiger partial charge in [0.15, 0.2) is 0 Å². The average Bonchev–Trinajstić information content (AvgIpc) is 2.61. The van der Waals surface area contributed by atoms with Gasteiger partial charge in [-0.05, 0) is 36.3 Å². The molecule has 0 aromatic heterocycles. The first-order valence-corrected chi connectivity index (χ1v) is 9.31. The third-order valence-electron chi connectivity index (χ3n) is 4.74. The highest BCUT2D eigenvalue weighted by molar-refractivity contribution is 6.36. The fraction of sp³-hybridized carbons (Fsp3) is 0.571. The Balaban J connectivity index is 2.06. The van der Waals surface area contributed by atoms with Crippen molar-refractivity contribution in [2.24, 2.45) is 5.92 Å². The maximum absolute atomic E-state index is 12.6. The van der Waals surface area contributed by atoms with Gasteiger partial charge in [-0.2, -0.15) is 0 Å². The Bertz CT molecular complexity index is 675. The topological polar surface area (TPSA) is 63.7 Å². The number of Topliss-reactive ketones (excluding diaryl/α,β-unsaturated/α-hetero) is 1. The van der Waals surface area contributed by atoms with Crippen LogP contribution in [0, 0.1) is 5.92 Å². The van der Waals surface area contributed by atoms with Crippen molar-refractivity contribution < 1.29 is 19.1 Å². The molecule has 0 radical (unpaired) electrons.